The van der Waals surface area contributed by atoms with Crippen LogP contribution < -0.4 is 19.5 Å². The Hall–Kier alpha value is -4.68. The average molecular weight is 721 g/mol. The highest BCUT2D eigenvalue weighted by Gasteiger charge is 2.17. The topological polar surface area (TPSA) is 168 Å². The summed E-state index contributed by atoms with van der Waals surface area (Å²) >= 11 is 6.56. The van der Waals surface area contributed by atoms with Gasteiger partial charge in [0.25, 0.3) is 0 Å². The first-order valence-corrected chi connectivity index (χ1v) is 17.1. The molecule has 3 aromatic carbocycles. The molecule has 2 atom stereocenters. The van der Waals surface area contributed by atoms with Crippen LogP contribution in [-0.4, -0.2) is 76.4 Å². The lowest BCUT2D eigenvalue weighted by Gasteiger charge is -2.17. The molecule has 12 heteroatoms. The molecule has 0 aliphatic rings. The predicted octanol–water partition coefficient (Wildman–Crippen LogP) is 6.24. The van der Waals surface area contributed by atoms with Crippen LogP contribution in [0.1, 0.15) is 47.9 Å². The number of aliphatic hydroxyl groups is 2. The molecule has 1 heterocycles. The second-order valence-corrected chi connectivity index (χ2v) is 12.7. The molecule has 0 unspecified atom stereocenters. The van der Waals surface area contributed by atoms with E-state index < -0.39 is 24.1 Å². The molecule has 51 heavy (non-hydrogen) atoms. The number of aromatic nitrogens is 1. The van der Waals surface area contributed by atoms with E-state index in [9.17, 15) is 19.8 Å². The van der Waals surface area contributed by atoms with Gasteiger partial charge in [-0.15, -0.1) is 0 Å². The zero-order valence-electron chi connectivity index (χ0n) is 29.0. The first-order chi connectivity index (χ1) is 24.5. The van der Waals surface area contributed by atoms with Crippen LogP contribution in [0, 0.1) is 13.8 Å². The Morgan fingerprint density at radius 1 is 0.824 bits per heavy atom. The standard InChI is InChI=1S/C39H45ClN2O9/c1-24-28(23-51-39-35(40)19-27(38(42-39)49-3)7-4-9-29(43)20-36(45)46)8-5-11-33(24)34-12-6-10-32(25(34)2)26-13-15-31(16-14-26)50-18-17-41-22-30(44)21-37(47)48/h5-6,8,10-16,19,29-30,41,43-44H,4,7,9,17-18,20-23H2,1-3H3,(H,45,46)(H,47,48)/t29-,30+/m0/s1. The van der Waals surface area contributed by atoms with Crippen molar-refractivity contribution < 1.29 is 44.2 Å². The molecule has 0 spiro atoms. The third kappa shape index (κ3) is 11.4. The number of aryl methyl sites for hydroxylation is 1. The summed E-state index contributed by atoms with van der Waals surface area (Å²) in [5, 5.41) is 40.4. The molecule has 0 aliphatic carbocycles. The summed E-state index contributed by atoms with van der Waals surface area (Å²) < 4.78 is 17.4. The number of benzene rings is 3. The monoisotopic (exact) mass is 720 g/mol. The molecular weight excluding hydrogens is 676 g/mol. The highest BCUT2D eigenvalue weighted by molar-refractivity contribution is 6.31. The van der Waals surface area contributed by atoms with Crippen molar-refractivity contribution in [2.45, 2.75) is 64.8 Å². The number of nitrogens with zero attached hydrogens (tertiary/aromatic N) is 1. The Balaban J connectivity index is 1.40. The van der Waals surface area contributed by atoms with Gasteiger partial charge >= 0.3 is 11.9 Å². The van der Waals surface area contributed by atoms with Gasteiger partial charge in [0.2, 0.25) is 11.8 Å². The number of carboxylic acids is 2. The van der Waals surface area contributed by atoms with Crippen molar-refractivity contribution in [3.8, 4) is 39.8 Å². The van der Waals surface area contributed by atoms with Crippen LogP contribution in [-0.2, 0) is 22.6 Å². The number of hydrogen-bond donors (Lipinski definition) is 5. The van der Waals surface area contributed by atoms with Crippen LogP contribution >= 0.6 is 11.6 Å². The van der Waals surface area contributed by atoms with E-state index in [1.165, 1.54) is 7.11 Å². The summed E-state index contributed by atoms with van der Waals surface area (Å²) in [6.45, 7) is 5.42. The predicted molar refractivity (Wildman–Crippen MR) is 195 cm³/mol. The van der Waals surface area contributed by atoms with Gasteiger partial charge in [-0.2, -0.15) is 4.98 Å². The van der Waals surface area contributed by atoms with Crippen molar-refractivity contribution >= 4 is 23.5 Å². The number of carboxylic acid groups (broad SMARTS) is 2. The number of carbonyl (C=O) groups is 2. The third-order valence-corrected chi connectivity index (χ3v) is 8.78. The first kappa shape index (κ1) is 39.1. The fraction of sp³-hybridized carbons (Fsp3) is 0.359. The number of nitrogens with one attached hydrogen (secondary N) is 1. The van der Waals surface area contributed by atoms with Gasteiger partial charge in [0.15, 0.2) is 0 Å². The summed E-state index contributed by atoms with van der Waals surface area (Å²) in [4.78, 5) is 26.0. The zero-order chi connectivity index (χ0) is 36.9. The van der Waals surface area contributed by atoms with Crippen molar-refractivity contribution in [2.75, 3.05) is 26.8 Å². The quantitative estimate of drug-likeness (QED) is 0.0656. The summed E-state index contributed by atoms with van der Waals surface area (Å²) in [6, 6.07) is 21.9. The maximum Gasteiger partial charge on any atom is 0.306 e. The number of aliphatic hydroxyl groups excluding tert-OH is 2. The van der Waals surface area contributed by atoms with Crippen molar-refractivity contribution in [3.05, 3.63) is 94.0 Å². The molecule has 272 valence electrons. The van der Waals surface area contributed by atoms with E-state index in [0.717, 1.165) is 44.5 Å². The largest absolute Gasteiger partial charge is 0.492 e. The van der Waals surface area contributed by atoms with Crippen molar-refractivity contribution in [1.29, 1.82) is 0 Å². The highest BCUT2D eigenvalue weighted by Crippen LogP contribution is 2.36. The molecule has 0 radical (unpaired) electrons. The minimum absolute atomic E-state index is 0.183. The zero-order valence-corrected chi connectivity index (χ0v) is 29.8. The number of hydrogen-bond acceptors (Lipinski definition) is 9. The third-order valence-electron chi connectivity index (χ3n) is 8.51. The second kappa shape index (κ2) is 19.1. The first-order valence-electron chi connectivity index (χ1n) is 16.7. The van der Waals surface area contributed by atoms with Gasteiger partial charge in [-0.05, 0) is 90.3 Å². The van der Waals surface area contributed by atoms with Crippen molar-refractivity contribution in [2.24, 2.45) is 0 Å². The molecule has 0 saturated heterocycles. The van der Waals surface area contributed by atoms with Crippen LogP contribution in [0.25, 0.3) is 22.3 Å². The molecule has 0 aliphatic heterocycles. The van der Waals surface area contributed by atoms with Crippen molar-refractivity contribution in [1.82, 2.24) is 10.3 Å². The Kier molecular flexibility index (Phi) is 14.6. The Labute approximate surface area is 302 Å². The molecular formula is C39H45ClN2O9. The summed E-state index contributed by atoms with van der Waals surface area (Å²) in [5.74, 6) is -0.765. The smallest absolute Gasteiger partial charge is 0.306 e. The second-order valence-electron chi connectivity index (χ2n) is 12.3. The minimum Gasteiger partial charge on any atom is -0.492 e. The number of aliphatic carboxylic acids is 2. The molecule has 4 rings (SSSR count). The van der Waals surface area contributed by atoms with Gasteiger partial charge in [0.1, 0.15) is 24.0 Å². The molecule has 1 aromatic heterocycles. The maximum absolute atomic E-state index is 10.8. The fourth-order valence-electron chi connectivity index (χ4n) is 5.81. The molecule has 0 fully saturated rings. The van der Waals surface area contributed by atoms with Gasteiger partial charge in [-0.1, -0.05) is 60.1 Å². The van der Waals surface area contributed by atoms with Crippen molar-refractivity contribution in [3.63, 3.8) is 0 Å². The van der Waals surface area contributed by atoms with E-state index >= 15 is 0 Å². The van der Waals surface area contributed by atoms with Crippen LogP contribution in [0.3, 0.4) is 0 Å². The Morgan fingerprint density at radius 3 is 2.16 bits per heavy atom. The van der Waals surface area contributed by atoms with E-state index in [-0.39, 0.29) is 31.9 Å². The van der Waals surface area contributed by atoms with Crippen LogP contribution in [0.4, 0.5) is 0 Å². The van der Waals surface area contributed by atoms with Crippen LogP contribution in [0.15, 0.2) is 66.7 Å². The van der Waals surface area contributed by atoms with Crippen LogP contribution in [0.2, 0.25) is 5.02 Å². The van der Waals surface area contributed by atoms with E-state index in [1.54, 1.807) is 6.07 Å². The molecule has 0 saturated carbocycles. The molecule has 11 nitrogen and oxygen atoms in total. The summed E-state index contributed by atoms with van der Waals surface area (Å²) in [7, 11) is 1.51. The normalized spacial score (nSPS) is 12.3. The number of methoxy groups -OCH3 is 1. The number of ether oxygens (including phenoxy) is 3. The summed E-state index contributed by atoms with van der Waals surface area (Å²) in [5.41, 5.74) is 8.21. The Morgan fingerprint density at radius 2 is 1.47 bits per heavy atom. The Bertz CT molecular complexity index is 1780. The van der Waals surface area contributed by atoms with Gasteiger partial charge in [0.05, 0.1) is 32.2 Å². The fourth-order valence-corrected chi connectivity index (χ4v) is 6.04. The molecule has 0 amide bonds. The lowest BCUT2D eigenvalue weighted by atomic mass is 9.89. The molecule has 4 aromatic rings. The maximum atomic E-state index is 10.8. The lowest BCUT2D eigenvalue weighted by molar-refractivity contribution is -0.140. The number of halogens is 1. The summed E-state index contributed by atoms with van der Waals surface area (Å²) in [6.07, 6.45) is -1.08. The van der Waals surface area contributed by atoms with Crippen LogP contribution in [0.5, 0.6) is 17.5 Å². The highest BCUT2D eigenvalue weighted by atomic mass is 35.5. The van der Waals surface area contributed by atoms with Gasteiger partial charge in [-0.25, -0.2) is 0 Å². The van der Waals surface area contributed by atoms with E-state index in [4.69, 9.17) is 36.0 Å². The molecule has 5 N–H and O–H groups in total. The number of pyridine rings is 1. The average Bonchev–Trinajstić information content (AvgIpc) is 3.08. The van der Waals surface area contributed by atoms with E-state index in [0.29, 0.717) is 49.1 Å². The van der Waals surface area contributed by atoms with Gasteiger partial charge in [0, 0.05) is 18.7 Å². The number of rotatable bonds is 20. The lowest BCUT2D eigenvalue weighted by Crippen LogP contribution is -2.31. The van der Waals surface area contributed by atoms with E-state index in [1.807, 2.05) is 42.5 Å². The van der Waals surface area contributed by atoms with Gasteiger partial charge < -0.3 is 40.0 Å². The SMILES string of the molecule is COc1nc(OCc2cccc(-c3cccc(-c4ccc(OCCNC[C@H](O)CC(=O)O)cc4)c3C)c2C)c(Cl)cc1CCC[C@H](O)CC(=O)O. The van der Waals surface area contributed by atoms with Gasteiger partial charge in [-0.3, -0.25) is 9.59 Å². The minimum atomic E-state index is -1.04. The van der Waals surface area contributed by atoms with E-state index in [2.05, 4.69) is 42.3 Å². The molecule has 0 bridgehead atoms.